The maximum Gasteiger partial charge on any atom is 0.337 e. The van der Waals surface area contributed by atoms with E-state index in [9.17, 15) is 18.8 Å². The van der Waals surface area contributed by atoms with Crippen molar-refractivity contribution in [2.75, 3.05) is 26.2 Å². The number of aromatic nitrogens is 3. The summed E-state index contributed by atoms with van der Waals surface area (Å²) in [5, 5.41) is 0.0551. The number of ether oxygens (including phenoxy) is 1. The number of esters is 1. The van der Waals surface area contributed by atoms with Gasteiger partial charge in [-0.1, -0.05) is 36.4 Å². The minimum Gasteiger partial charge on any atom is -0.460 e. The van der Waals surface area contributed by atoms with Crippen molar-refractivity contribution in [3.8, 4) is 16.8 Å². The second kappa shape index (κ2) is 14.4. The largest absolute Gasteiger partial charge is 0.460 e. The van der Waals surface area contributed by atoms with Crippen LogP contribution in [0.1, 0.15) is 78.3 Å². The maximum absolute atomic E-state index is 14.5. The summed E-state index contributed by atoms with van der Waals surface area (Å²) in [6.07, 6.45) is 3.80. The third-order valence-corrected chi connectivity index (χ3v) is 9.88. The quantitative estimate of drug-likeness (QED) is 0.202. The van der Waals surface area contributed by atoms with E-state index in [1.807, 2.05) is 45.0 Å². The topological polar surface area (TPSA) is 89.7 Å². The second-order valence-corrected chi connectivity index (χ2v) is 14.9. The zero-order valence-electron chi connectivity index (χ0n) is 29.3. The van der Waals surface area contributed by atoms with E-state index in [0.717, 1.165) is 56.1 Å². The summed E-state index contributed by atoms with van der Waals surface area (Å²) in [5.74, 6) is -0.766. The molecule has 0 amide bonds. The highest BCUT2D eigenvalue weighted by atomic mass is 19.1. The van der Waals surface area contributed by atoms with Crippen LogP contribution >= 0.6 is 0 Å². The van der Waals surface area contributed by atoms with Gasteiger partial charge in [-0.3, -0.25) is 24.0 Å². The van der Waals surface area contributed by atoms with Gasteiger partial charge >= 0.3 is 11.7 Å². The molecule has 49 heavy (non-hydrogen) atoms. The molecule has 0 spiro atoms. The van der Waals surface area contributed by atoms with Crippen molar-refractivity contribution in [1.82, 2.24) is 23.9 Å². The first-order valence-corrected chi connectivity index (χ1v) is 17.6. The smallest absolute Gasteiger partial charge is 0.337 e. The zero-order chi connectivity index (χ0) is 34.9. The third-order valence-electron chi connectivity index (χ3n) is 9.88. The molecule has 1 aliphatic heterocycles. The molecule has 3 heterocycles. The number of carbonyl (C=O) groups is 1. The SMILES string of the molecule is CC(C)N1CCN(Cc2ccc(-c3cccc(-n4c(=O)n(C5CCC(CC(=O)OC(C)(C)C)CC5)c(=O)c5cc(F)cnc54)c3)cc2)CC1. The molecule has 4 aromatic rings. The maximum atomic E-state index is 14.5. The Hall–Kier alpha value is -4.15. The van der Waals surface area contributed by atoms with Crippen LogP contribution in [0.2, 0.25) is 0 Å². The number of fused-ring (bicyclic) bond motifs is 1. The number of hydrogen-bond acceptors (Lipinski definition) is 7. The number of piperazine rings is 1. The van der Waals surface area contributed by atoms with Crippen LogP contribution in [0, 0.1) is 11.7 Å². The molecule has 6 rings (SSSR count). The van der Waals surface area contributed by atoms with Crippen LogP contribution in [0.5, 0.6) is 0 Å². The average Bonchev–Trinajstić information content (AvgIpc) is 3.06. The minimum atomic E-state index is -0.641. The van der Waals surface area contributed by atoms with Gasteiger partial charge in [0.05, 0.1) is 17.3 Å². The molecular formula is C39H48FN5O4. The number of halogens is 1. The number of pyridine rings is 1. The summed E-state index contributed by atoms with van der Waals surface area (Å²) in [4.78, 5) is 49.7. The van der Waals surface area contributed by atoms with Crippen LogP contribution in [0.25, 0.3) is 27.8 Å². The molecule has 9 nitrogen and oxygen atoms in total. The predicted molar refractivity (Wildman–Crippen MR) is 190 cm³/mol. The van der Waals surface area contributed by atoms with Crippen LogP contribution in [-0.4, -0.2) is 67.7 Å². The van der Waals surface area contributed by atoms with E-state index in [4.69, 9.17) is 4.74 Å². The van der Waals surface area contributed by atoms with E-state index < -0.39 is 22.7 Å². The monoisotopic (exact) mass is 669 g/mol. The molecule has 2 aromatic carbocycles. The van der Waals surface area contributed by atoms with Crippen LogP contribution in [-0.2, 0) is 16.1 Å². The van der Waals surface area contributed by atoms with Gasteiger partial charge in [0.2, 0.25) is 0 Å². The molecule has 2 aromatic heterocycles. The standard InChI is InChI=1S/C39H48FN5O4/c1-26(2)43-19-17-42(18-20-43)25-28-9-13-29(14-10-28)30-7-6-8-33(22-30)44-36-34(23-31(40)24-41-36)37(47)45(38(44)48)32-15-11-27(12-16-32)21-35(46)49-39(3,4)5/h6-10,13-14,22-24,26-27,32H,11-12,15-21,25H2,1-5H3. The first kappa shape index (κ1) is 34.7. The molecule has 260 valence electrons. The van der Waals surface area contributed by atoms with Crippen molar-refractivity contribution < 1.29 is 13.9 Å². The van der Waals surface area contributed by atoms with Gasteiger partial charge < -0.3 is 4.74 Å². The van der Waals surface area contributed by atoms with Crippen LogP contribution in [0.4, 0.5) is 4.39 Å². The van der Waals surface area contributed by atoms with E-state index in [1.54, 1.807) is 0 Å². The van der Waals surface area contributed by atoms with Crippen LogP contribution in [0.15, 0.2) is 70.4 Å². The molecule has 0 atom stereocenters. The fourth-order valence-electron chi connectivity index (χ4n) is 7.29. The Labute approximate surface area is 287 Å². The highest BCUT2D eigenvalue weighted by Gasteiger charge is 2.29. The summed E-state index contributed by atoms with van der Waals surface area (Å²) in [6.45, 7) is 15.2. The lowest BCUT2D eigenvalue weighted by Crippen LogP contribution is -2.48. The van der Waals surface area contributed by atoms with Crippen molar-refractivity contribution in [3.63, 3.8) is 0 Å². The van der Waals surface area contributed by atoms with Crippen molar-refractivity contribution in [2.45, 2.75) is 91.0 Å². The number of benzene rings is 2. The molecule has 1 saturated carbocycles. The molecular weight excluding hydrogens is 621 g/mol. The van der Waals surface area contributed by atoms with E-state index in [-0.39, 0.29) is 29.0 Å². The molecule has 2 fully saturated rings. The van der Waals surface area contributed by atoms with Crippen molar-refractivity contribution in [1.29, 1.82) is 0 Å². The number of carbonyl (C=O) groups excluding carboxylic acids is 1. The van der Waals surface area contributed by atoms with Crippen molar-refractivity contribution in [2.24, 2.45) is 5.92 Å². The second-order valence-electron chi connectivity index (χ2n) is 14.9. The lowest BCUT2D eigenvalue weighted by atomic mass is 9.84. The zero-order valence-corrected chi connectivity index (χ0v) is 29.3. The van der Waals surface area contributed by atoms with Gasteiger partial charge in [0.15, 0.2) is 5.65 Å². The van der Waals surface area contributed by atoms with Gasteiger partial charge in [-0.05, 0) is 101 Å². The molecule has 1 aliphatic carbocycles. The highest BCUT2D eigenvalue weighted by Crippen LogP contribution is 2.34. The Morgan fingerprint density at radius 3 is 2.29 bits per heavy atom. The number of hydrogen-bond donors (Lipinski definition) is 0. The Kier molecular flexibility index (Phi) is 10.2. The number of rotatable bonds is 8. The molecule has 2 aliphatic rings. The average molecular weight is 670 g/mol. The molecule has 1 saturated heterocycles. The summed E-state index contributed by atoms with van der Waals surface area (Å²) in [5.41, 5.74) is 2.24. The summed E-state index contributed by atoms with van der Waals surface area (Å²) >= 11 is 0. The minimum absolute atomic E-state index is 0.0551. The van der Waals surface area contributed by atoms with Crippen molar-refractivity contribution >= 4 is 17.0 Å². The van der Waals surface area contributed by atoms with Crippen LogP contribution in [0.3, 0.4) is 0 Å². The molecule has 10 heteroatoms. The molecule has 0 bridgehead atoms. The predicted octanol–water partition coefficient (Wildman–Crippen LogP) is 6.34. The summed E-state index contributed by atoms with van der Waals surface area (Å²) in [6, 6.07) is 17.5. The van der Waals surface area contributed by atoms with E-state index >= 15 is 0 Å². The summed E-state index contributed by atoms with van der Waals surface area (Å²) < 4.78 is 22.7. The van der Waals surface area contributed by atoms with Gasteiger partial charge in [0.25, 0.3) is 5.56 Å². The van der Waals surface area contributed by atoms with Gasteiger partial charge in [0, 0.05) is 51.2 Å². The Morgan fingerprint density at radius 2 is 1.63 bits per heavy atom. The molecule has 0 N–H and O–H groups in total. The Morgan fingerprint density at radius 1 is 0.939 bits per heavy atom. The Bertz CT molecular complexity index is 1910. The Balaban J connectivity index is 1.25. The van der Waals surface area contributed by atoms with Gasteiger partial charge in [-0.2, -0.15) is 0 Å². The van der Waals surface area contributed by atoms with Gasteiger partial charge in [-0.25, -0.2) is 18.7 Å². The molecule has 0 radical (unpaired) electrons. The first-order valence-electron chi connectivity index (χ1n) is 17.6. The lowest BCUT2D eigenvalue weighted by Gasteiger charge is -2.36. The van der Waals surface area contributed by atoms with Gasteiger partial charge in [-0.15, -0.1) is 0 Å². The van der Waals surface area contributed by atoms with E-state index in [1.165, 1.54) is 14.7 Å². The number of nitrogens with zero attached hydrogens (tertiary/aromatic N) is 5. The highest BCUT2D eigenvalue weighted by molar-refractivity contribution is 5.76. The third kappa shape index (κ3) is 8.02. The first-order chi connectivity index (χ1) is 23.4. The van der Waals surface area contributed by atoms with E-state index in [2.05, 4.69) is 52.9 Å². The fourth-order valence-corrected chi connectivity index (χ4v) is 7.29. The molecule has 0 unspecified atom stereocenters. The fraction of sp³-hybridized carbons (Fsp3) is 0.487. The summed E-state index contributed by atoms with van der Waals surface area (Å²) in [7, 11) is 0. The lowest BCUT2D eigenvalue weighted by molar-refractivity contribution is -0.156. The van der Waals surface area contributed by atoms with Gasteiger partial charge in [0.1, 0.15) is 11.4 Å². The normalized spacial score (nSPS) is 19.4. The van der Waals surface area contributed by atoms with Crippen LogP contribution < -0.4 is 11.2 Å². The van der Waals surface area contributed by atoms with E-state index in [0.29, 0.717) is 43.8 Å². The van der Waals surface area contributed by atoms with Crippen molar-refractivity contribution in [3.05, 3.63) is 93.0 Å².